The van der Waals surface area contributed by atoms with Crippen LogP contribution in [0.4, 0.5) is 74.6 Å². The molecule has 0 saturated carbocycles. The van der Waals surface area contributed by atoms with Gasteiger partial charge in [-0.05, 0) is 13.0 Å². The van der Waals surface area contributed by atoms with Gasteiger partial charge < -0.3 is 10.5 Å². The minimum absolute atomic E-state index is 0.926. The van der Waals surface area contributed by atoms with Crippen LogP contribution in [0.1, 0.15) is 6.42 Å². The molecule has 0 amide bonds. The normalized spacial score (nSPS) is 17.1. The summed E-state index contributed by atoms with van der Waals surface area (Å²) >= 11 is 0. The first-order valence-electron chi connectivity index (χ1n) is 8.27. The molecule has 212 valence electrons. The van der Waals surface area contributed by atoms with Crippen LogP contribution in [0.2, 0.25) is 0 Å². The van der Waals surface area contributed by atoms with Crippen molar-refractivity contribution in [1.82, 2.24) is 0 Å². The fourth-order valence-corrected chi connectivity index (χ4v) is 3.07. The van der Waals surface area contributed by atoms with E-state index in [0.29, 0.717) is 0 Å². The van der Waals surface area contributed by atoms with Crippen molar-refractivity contribution in [3.63, 3.8) is 0 Å². The summed E-state index contributed by atoms with van der Waals surface area (Å²) in [4.78, 5) is 0. The molecule has 0 radical (unpaired) electrons. The van der Waals surface area contributed by atoms with Crippen molar-refractivity contribution in [1.29, 1.82) is 0 Å². The Labute approximate surface area is 183 Å². The van der Waals surface area contributed by atoms with Gasteiger partial charge in [-0.15, -0.1) is 0 Å². The van der Waals surface area contributed by atoms with E-state index in [4.69, 9.17) is 0 Å². The molecule has 22 heteroatoms. The van der Waals surface area contributed by atoms with E-state index in [0.717, 1.165) is 13.2 Å². The molecule has 0 spiro atoms. The van der Waals surface area contributed by atoms with Crippen molar-refractivity contribution in [2.75, 3.05) is 25.5 Å². The van der Waals surface area contributed by atoms with Crippen LogP contribution in [0.5, 0.6) is 0 Å². The van der Waals surface area contributed by atoms with E-state index in [9.17, 15) is 83.1 Å². The second-order valence-corrected chi connectivity index (χ2v) is 8.68. The Bertz CT molecular complexity index is 832. The van der Waals surface area contributed by atoms with Crippen molar-refractivity contribution in [2.45, 2.75) is 53.4 Å². The molecule has 1 rings (SSSR count). The first-order chi connectivity index (χ1) is 15.1. The van der Waals surface area contributed by atoms with Gasteiger partial charge in [-0.3, -0.25) is 0 Å². The number of rotatable bonds is 10. The Hall–Kier alpha value is -1.32. The van der Waals surface area contributed by atoms with Gasteiger partial charge in [0.2, 0.25) is 9.84 Å². The summed E-state index contributed by atoms with van der Waals surface area (Å²) < 4.78 is 247. The quantitative estimate of drug-likeness (QED) is 0.297. The van der Waals surface area contributed by atoms with Crippen molar-refractivity contribution >= 4 is 9.84 Å². The van der Waals surface area contributed by atoms with E-state index in [-0.39, 0.29) is 0 Å². The van der Waals surface area contributed by atoms with Gasteiger partial charge in [0, 0.05) is 0 Å². The highest BCUT2D eigenvalue weighted by molar-refractivity contribution is 7.92. The molecule has 1 aliphatic heterocycles. The molecule has 1 fully saturated rings. The molecular formula is C13H12F17NO3S. The Morgan fingerprint density at radius 3 is 1.11 bits per heavy atom. The minimum Gasteiger partial charge on any atom is -0.377 e. The van der Waals surface area contributed by atoms with Gasteiger partial charge in [-0.1, -0.05) is 0 Å². The van der Waals surface area contributed by atoms with E-state index in [1.165, 1.54) is 0 Å². The average molecular weight is 585 g/mol. The summed E-state index contributed by atoms with van der Waals surface area (Å²) in [7, 11) is -6.99. The molecule has 0 aromatic carbocycles. The summed E-state index contributed by atoms with van der Waals surface area (Å²) in [5.41, 5.74) is 4.61. The summed E-state index contributed by atoms with van der Waals surface area (Å²) in [5.74, 6) is -53.7. The Balaban J connectivity index is 0.00000355. The highest BCUT2D eigenvalue weighted by Crippen LogP contribution is 2.64. The third-order valence-electron chi connectivity index (χ3n) is 3.91. The predicted octanol–water partition coefficient (Wildman–Crippen LogP) is 4.73. The highest BCUT2D eigenvalue weighted by Gasteiger charge is 2.96. The van der Waals surface area contributed by atoms with E-state index in [2.05, 4.69) is 10.5 Å². The van der Waals surface area contributed by atoms with Gasteiger partial charge in [-0.25, -0.2) is 8.42 Å². The van der Waals surface area contributed by atoms with Gasteiger partial charge in [-0.2, -0.15) is 74.6 Å². The molecule has 2 N–H and O–H groups in total. The minimum atomic E-state index is -8.81. The van der Waals surface area contributed by atoms with E-state index >= 15 is 0 Å². The zero-order valence-corrected chi connectivity index (χ0v) is 17.0. The number of alkyl halides is 17. The van der Waals surface area contributed by atoms with Crippen LogP contribution in [0.3, 0.4) is 0 Å². The highest BCUT2D eigenvalue weighted by atomic mass is 32.2. The van der Waals surface area contributed by atoms with Gasteiger partial charge in [0.25, 0.3) is 0 Å². The number of hydrogen-bond donors (Lipinski definition) is 1. The lowest BCUT2D eigenvalue weighted by Crippen LogP contribution is -2.75. The van der Waals surface area contributed by atoms with E-state index in [1.54, 1.807) is 0 Å². The maximum Gasteiger partial charge on any atom is 0.460 e. The predicted molar refractivity (Wildman–Crippen MR) is 79.0 cm³/mol. The average Bonchev–Trinajstić information content (AvgIpc) is 3.53. The molecule has 1 heterocycles. The largest absolute Gasteiger partial charge is 0.460 e. The molecule has 0 atom stereocenters. The zero-order chi connectivity index (χ0) is 28.7. The van der Waals surface area contributed by atoms with Gasteiger partial charge in [0.05, 0.1) is 19.0 Å². The first kappa shape index (κ1) is 33.7. The van der Waals surface area contributed by atoms with Crippen LogP contribution >= 0.6 is 0 Å². The fourth-order valence-electron chi connectivity index (χ4n) is 1.75. The number of epoxide rings is 1. The van der Waals surface area contributed by atoms with Crippen LogP contribution in [0.15, 0.2) is 0 Å². The number of hydrogen-bond acceptors (Lipinski definition) is 4. The molecule has 0 aromatic rings. The third kappa shape index (κ3) is 5.23. The van der Waals surface area contributed by atoms with Crippen LogP contribution in [0, 0.1) is 0 Å². The first-order valence-corrected chi connectivity index (χ1v) is 9.93. The lowest BCUT2D eigenvalue weighted by atomic mass is 9.91. The summed E-state index contributed by atoms with van der Waals surface area (Å²) in [6.07, 6.45) is -9.09. The van der Waals surface area contributed by atoms with Crippen LogP contribution < -0.4 is 5.73 Å². The fraction of sp³-hybridized carbons (Fsp3) is 1.00. The van der Waals surface area contributed by atoms with E-state index in [1.807, 2.05) is 0 Å². The summed E-state index contributed by atoms with van der Waals surface area (Å²) in [5, 5.41) is -7.44. The molecule has 0 bridgehead atoms. The van der Waals surface area contributed by atoms with Crippen LogP contribution in [-0.4, -0.2) is 80.9 Å². The Morgan fingerprint density at radius 1 is 0.571 bits per heavy atom. The van der Waals surface area contributed by atoms with E-state index < -0.39 is 75.5 Å². The number of sulfone groups is 1. The molecule has 0 unspecified atom stereocenters. The smallest absolute Gasteiger partial charge is 0.377 e. The van der Waals surface area contributed by atoms with Crippen LogP contribution in [-0.2, 0) is 14.6 Å². The number of ether oxygens (including phenoxy) is 1. The van der Waals surface area contributed by atoms with Crippen molar-refractivity contribution in [3.05, 3.63) is 0 Å². The number of nitrogens with two attached hydrogens (primary N) is 1. The second-order valence-electron chi connectivity index (χ2n) is 6.53. The van der Waals surface area contributed by atoms with Gasteiger partial charge in [0.1, 0.15) is 0 Å². The molecule has 35 heavy (non-hydrogen) atoms. The summed E-state index contributed by atoms with van der Waals surface area (Å²) in [6.45, 7) is 1.07. The molecule has 0 aromatic heterocycles. The van der Waals surface area contributed by atoms with Crippen LogP contribution in [0.25, 0.3) is 0 Å². The zero-order valence-electron chi connectivity index (χ0n) is 16.2. The molecule has 0 aliphatic carbocycles. The summed E-state index contributed by atoms with van der Waals surface area (Å²) in [6, 6.07) is 0. The lowest BCUT2D eigenvalue weighted by molar-refractivity contribution is -0.458. The second kappa shape index (κ2) is 9.53. The maximum absolute atomic E-state index is 13.5. The van der Waals surface area contributed by atoms with Gasteiger partial charge in [0.15, 0.2) is 0 Å². The van der Waals surface area contributed by atoms with Crippen molar-refractivity contribution < 1.29 is 87.8 Å². The standard InChI is InChI=1S/C11H8F17NO2S.C2H4O/c12-4(13,6(16,17)8(20,21)10(24,25)26)5(14,15)7(18,19)9(22,23)11(27,28)32(30,31)3-1-2-29;1-2-3-1/h1-3,29H2;1-2H2. The number of halogens is 17. The Morgan fingerprint density at radius 2 is 0.857 bits per heavy atom. The van der Waals surface area contributed by atoms with Crippen molar-refractivity contribution in [2.24, 2.45) is 5.73 Å². The Kier molecular flexibility index (Phi) is 9.17. The third-order valence-corrected chi connectivity index (χ3v) is 5.77. The molecular weight excluding hydrogens is 573 g/mol. The topological polar surface area (TPSA) is 72.7 Å². The molecule has 4 nitrogen and oxygen atoms in total. The van der Waals surface area contributed by atoms with Crippen molar-refractivity contribution in [3.8, 4) is 0 Å². The molecule has 1 saturated heterocycles. The van der Waals surface area contributed by atoms with Gasteiger partial charge >= 0.3 is 47.0 Å². The maximum atomic E-state index is 13.5. The SMILES string of the molecule is C1CO1.NCCCS(=O)(=O)C(F)(F)C(F)(F)C(F)(F)C(F)(F)C(F)(F)C(F)(F)C(F)(F)C(F)(F)F. The monoisotopic (exact) mass is 585 g/mol. The molecule has 1 aliphatic rings. The lowest BCUT2D eigenvalue weighted by Gasteiger charge is -2.42.